The minimum atomic E-state index is -0.631. The van der Waals surface area contributed by atoms with Crippen molar-refractivity contribution < 1.29 is 8.81 Å². The molecule has 4 aromatic rings. The first-order chi connectivity index (χ1) is 12.5. The highest BCUT2D eigenvalue weighted by molar-refractivity contribution is 6.32. The summed E-state index contributed by atoms with van der Waals surface area (Å²) in [7, 11) is 0. The van der Waals surface area contributed by atoms with E-state index in [0.29, 0.717) is 16.3 Å². The second kappa shape index (κ2) is 6.38. The fourth-order valence-electron chi connectivity index (χ4n) is 2.78. The van der Waals surface area contributed by atoms with Gasteiger partial charge in [-0.3, -0.25) is 0 Å². The average molecular weight is 370 g/mol. The Balaban J connectivity index is 1.74. The van der Waals surface area contributed by atoms with Crippen molar-refractivity contribution in [1.29, 1.82) is 0 Å². The van der Waals surface area contributed by atoms with Crippen molar-refractivity contribution in [3.8, 4) is 11.5 Å². The van der Waals surface area contributed by atoms with Gasteiger partial charge < -0.3 is 4.42 Å². The third-order valence-corrected chi connectivity index (χ3v) is 4.64. The van der Waals surface area contributed by atoms with Crippen LogP contribution in [0.4, 0.5) is 4.39 Å². The molecule has 5 nitrogen and oxygen atoms in total. The van der Waals surface area contributed by atoms with Crippen LogP contribution in [0.25, 0.3) is 22.4 Å². The van der Waals surface area contributed by atoms with E-state index in [1.165, 1.54) is 24.3 Å². The summed E-state index contributed by atoms with van der Waals surface area (Å²) in [5.41, 5.74) is 2.72. The van der Waals surface area contributed by atoms with Crippen LogP contribution in [0.3, 0.4) is 0 Å². The third kappa shape index (κ3) is 2.88. The summed E-state index contributed by atoms with van der Waals surface area (Å²) in [6.07, 6.45) is 0. The Bertz CT molecular complexity index is 1170. The van der Waals surface area contributed by atoms with Crippen LogP contribution in [0.1, 0.15) is 11.3 Å². The van der Waals surface area contributed by atoms with E-state index in [4.69, 9.17) is 16.0 Å². The van der Waals surface area contributed by atoms with Crippen molar-refractivity contribution in [2.24, 2.45) is 0 Å². The van der Waals surface area contributed by atoms with Gasteiger partial charge in [-0.05, 0) is 42.8 Å². The highest BCUT2D eigenvalue weighted by Gasteiger charge is 2.15. The molecular formula is C19H13ClFN3O2. The quantitative estimate of drug-likeness (QED) is 0.543. The zero-order valence-electron chi connectivity index (χ0n) is 13.7. The number of halogens is 2. The van der Waals surface area contributed by atoms with Crippen LogP contribution < -0.4 is 5.76 Å². The van der Waals surface area contributed by atoms with E-state index in [1.807, 2.05) is 31.2 Å². The fraction of sp³-hybridized carbons (Fsp3) is 0.105. The second-order valence-electron chi connectivity index (χ2n) is 5.85. The lowest BCUT2D eigenvalue weighted by atomic mass is 10.1. The van der Waals surface area contributed by atoms with Gasteiger partial charge in [0.25, 0.3) is 0 Å². The number of fused-ring (bicyclic) bond motifs is 1. The molecule has 0 atom stereocenters. The lowest BCUT2D eigenvalue weighted by Crippen LogP contribution is -2.17. The predicted molar refractivity (Wildman–Crippen MR) is 96.7 cm³/mol. The molecule has 2 aromatic carbocycles. The van der Waals surface area contributed by atoms with Crippen molar-refractivity contribution in [3.05, 3.63) is 81.2 Å². The molecule has 0 saturated heterocycles. The molecule has 4 rings (SSSR count). The third-order valence-electron chi connectivity index (χ3n) is 4.14. The topological polar surface area (TPSA) is 60.9 Å². The molecule has 7 heteroatoms. The van der Waals surface area contributed by atoms with Crippen LogP contribution in [0.5, 0.6) is 0 Å². The van der Waals surface area contributed by atoms with Gasteiger partial charge in [-0.2, -0.15) is 4.68 Å². The Morgan fingerprint density at radius 2 is 1.88 bits per heavy atom. The van der Waals surface area contributed by atoms with Crippen LogP contribution in [0, 0.1) is 12.7 Å². The highest BCUT2D eigenvalue weighted by atomic mass is 35.5. The van der Waals surface area contributed by atoms with E-state index < -0.39 is 5.76 Å². The van der Waals surface area contributed by atoms with Crippen LogP contribution in [-0.2, 0) is 6.54 Å². The van der Waals surface area contributed by atoms with Crippen molar-refractivity contribution in [2.75, 3.05) is 0 Å². The summed E-state index contributed by atoms with van der Waals surface area (Å²) in [5.74, 6) is -0.894. The standard InChI is InChI=1S/C19H13ClFN3O2/c1-11-14-4-2-3-5-15(14)22-16(17(11)20)10-24-19(25)26-18(23-24)12-6-8-13(21)9-7-12/h2-9H,10H2,1H3. The van der Waals surface area contributed by atoms with Crippen LogP contribution >= 0.6 is 11.6 Å². The molecule has 0 spiro atoms. The number of hydrogen-bond donors (Lipinski definition) is 0. The predicted octanol–water partition coefficient (Wildman–Crippen LogP) is 4.20. The number of nitrogens with zero attached hydrogens (tertiary/aromatic N) is 3. The lowest BCUT2D eigenvalue weighted by Gasteiger charge is -2.09. The second-order valence-corrected chi connectivity index (χ2v) is 6.23. The summed E-state index contributed by atoms with van der Waals surface area (Å²) in [4.78, 5) is 16.7. The molecule has 2 aromatic heterocycles. The number of hydrogen-bond acceptors (Lipinski definition) is 4. The molecule has 130 valence electrons. The van der Waals surface area contributed by atoms with Gasteiger partial charge in [0.15, 0.2) is 0 Å². The smallest absolute Gasteiger partial charge is 0.388 e. The van der Waals surface area contributed by atoms with Crippen LogP contribution in [-0.4, -0.2) is 14.8 Å². The molecule has 0 aliphatic carbocycles. The van der Waals surface area contributed by atoms with Gasteiger partial charge in [-0.25, -0.2) is 14.2 Å². The SMILES string of the molecule is Cc1c(Cl)c(Cn2nc(-c3ccc(F)cc3)oc2=O)nc2ccccc12. The van der Waals surface area contributed by atoms with E-state index >= 15 is 0 Å². The molecule has 0 bridgehead atoms. The molecule has 0 amide bonds. The monoisotopic (exact) mass is 369 g/mol. The Morgan fingerprint density at radius 1 is 1.15 bits per heavy atom. The fourth-order valence-corrected chi connectivity index (χ4v) is 2.98. The van der Waals surface area contributed by atoms with E-state index in [1.54, 1.807) is 0 Å². The summed E-state index contributed by atoms with van der Waals surface area (Å²) < 4.78 is 19.4. The molecule has 26 heavy (non-hydrogen) atoms. The Labute approximate surface area is 152 Å². The maximum Gasteiger partial charge on any atom is 0.437 e. The molecule has 0 N–H and O–H groups in total. The molecule has 2 heterocycles. The number of aromatic nitrogens is 3. The van der Waals surface area contributed by atoms with Gasteiger partial charge in [0.05, 0.1) is 22.8 Å². The minimum absolute atomic E-state index is 0.0774. The maximum absolute atomic E-state index is 13.0. The molecule has 0 unspecified atom stereocenters. The van der Waals surface area contributed by atoms with Crippen molar-refractivity contribution in [1.82, 2.24) is 14.8 Å². The van der Waals surface area contributed by atoms with Gasteiger partial charge in [-0.15, -0.1) is 5.10 Å². The molecule has 0 fully saturated rings. The van der Waals surface area contributed by atoms with E-state index in [-0.39, 0.29) is 18.3 Å². The zero-order valence-corrected chi connectivity index (χ0v) is 14.5. The molecule has 0 aliphatic heterocycles. The van der Waals surface area contributed by atoms with Gasteiger partial charge in [0.2, 0.25) is 5.89 Å². The molecule has 0 saturated carbocycles. The van der Waals surface area contributed by atoms with Crippen molar-refractivity contribution in [2.45, 2.75) is 13.5 Å². The zero-order chi connectivity index (χ0) is 18.3. The first-order valence-electron chi connectivity index (χ1n) is 7.90. The largest absolute Gasteiger partial charge is 0.437 e. The summed E-state index contributed by atoms with van der Waals surface area (Å²) in [6, 6.07) is 13.2. The number of benzene rings is 2. The van der Waals surface area contributed by atoms with Gasteiger partial charge in [-0.1, -0.05) is 29.8 Å². The maximum atomic E-state index is 13.0. The summed E-state index contributed by atoms with van der Waals surface area (Å²) in [5, 5.41) is 5.62. The molecule has 0 aliphatic rings. The van der Waals surface area contributed by atoms with E-state index in [9.17, 15) is 9.18 Å². The normalized spacial score (nSPS) is 11.2. The number of para-hydroxylation sites is 1. The lowest BCUT2D eigenvalue weighted by molar-refractivity contribution is 0.493. The van der Waals surface area contributed by atoms with E-state index in [2.05, 4.69) is 10.1 Å². The minimum Gasteiger partial charge on any atom is -0.388 e. The first kappa shape index (κ1) is 16.5. The van der Waals surface area contributed by atoms with Gasteiger partial charge in [0.1, 0.15) is 5.82 Å². The number of aryl methyl sites for hydroxylation is 1. The van der Waals surface area contributed by atoms with Crippen LogP contribution in [0.2, 0.25) is 5.02 Å². The average Bonchev–Trinajstić information content (AvgIpc) is 3.00. The van der Waals surface area contributed by atoms with Crippen molar-refractivity contribution >= 4 is 22.5 Å². The Kier molecular flexibility index (Phi) is 4.05. The molecule has 0 radical (unpaired) electrons. The summed E-state index contributed by atoms with van der Waals surface area (Å²) >= 11 is 6.44. The van der Waals surface area contributed by atoms with Gasteiger partial charge in [0, 0.05) is 10.9 Å². The summed E-state index contributed by atoms with van der Waals surface area (Å²) in [6.45, 7) is 1.99. The van der Waals surface area contributed by atoms with Gasteiger partial charge >= 0.3 is 5.76 Å². The Morgan fingerprint density at radius 3 is 2.65 bits per heavy atom. The Hall–Kier alpha value is -2.99. The first-order valence-corrected chi connectivity index (χ1v) is 8.28. The van der Waals surface area contributed by atoms with Crippen LogP contribution in [0.15, 0.2) is 57.7 Å². The van der Waals surface area contributed by atoms with Crippen molar-refractivity contribution in [3.63, 3.8) is 0 Å². The number of pyridine rings is 1. The van der Waals surface area contributed by atoms with E-state index in [0.717, 1.165) is 21.1 Å². The molecular weight excluding hydrogens is 357 g/mol. The number of rotatable bonds is 3. The highest BCUT2D eigenvalue weighted by Crippen LogP contribution is 2.27.